The summed E-state index contributed by atoms with van der Waals surface area (Å²) >= 11 is 5.96. The van der Waals surface area contributed by atoms with Crippen LogP contribution in [0.15, 0.2) is 18.2 Å². The van der Waals surface area contributed by atoms with Gasteiger partial charge in [0.05, 0.1) is 0 Å². The van der Waals surface area contributed by atoms with Gasteiger partial charge < -0.3 is 0 Å². The molecular weight excluding hydrogens is 168 g/mol. The molecule has 0 saturated heterocycles. The number of terminal acetylenes is 1. The second-order valence-corrected chi connectivity index (χ2v) is 3.21. The third-order valence-corrected chi connectivity index (χ3v) is 2.11. The Balaban J connectivity index is 2.84. The Morgan fingerprint density at radius 1 is 1.50 bits per heavy atom. The third-order valence-electron chi connectivity index (χ3n) is 1.74. The van der Waals surface area contributed by atoms with Crippen molar-refractivity contribution in [1.82, 2.24) is 0 Å². The molecule has 0 aliphatic heterocycles. The van der Waals surface area contributed by atoms with E-state index in [1.54, 1.807) is 0 Å². The summed E-state index contributed by atoms with van der Waals surface area (Å²) in [5.74, 6) is 2.60. The normalized spacial score (nSPS) is 9.42. The summed E-state index contributed by atoms with van der Waals surface area (Å²) < 4.78 is 0. The van der Waals surface area contributed by atoms with Gasteiger partial charge in [-0.15, -0.1) is 12.3 Å². The van der Waals surface area contributed by atoms with Crippen LogP contribution in [0.3, 0.4) is 0 Å². The van der Waals surface area contributed by atoms with Gasteiger partial charge >= 0.3 is 0 Å². The van der Waals surface area contributed by atoms with Crippen LogP contribution in [0.25, 0.3) is 0 Å². The molecule has 0 aliphatic carbocycles. The molecule has 0 aromatic heterocycles. The molecule has 62 valence electrons. The Morgan fingerprint density at radius 2 is 2.25 bits per heavy atom. The van der Waals surface area contributed by atoms with Crippen molar-refractivity contribution in [2.75, 3.05) is 0 Å². The lowest BCUT2D eigenvalue weighted by molar-refractivity contribution is 1.03. The SMILES string of the molecule is C#CCCc1cc(C)ccc1Cl. The van der Waals surface area contributed by atoms with Crippen LogP contribution < -0.4 is 0 Å². The summed E-state index contributed by atoms with van der Waals surface area (Å²) in [7, 11) is 0. The van der Waals surface area contributed by atoms with Gasteiger partial charge in [-0.1, -0.05) is 29.3 Å². The molecule has 1 aromatic rings. The first-order valence-corrected chi connectivity index (χ1v) is 4.30. The first-order valence-electron chi connectivity index (χ1n) is 3.92. The van der Waals surface area contributed by atoms with Gasteiger partial charge in [-0.05, 0) is 25.0 Å². The quantitative estimate of drug-likeness (QED) is 0.611. The molecule has 0 nitrogen and oxygen atoms in total. The Morgan fingerprint density at radius 3 is 2.92 bits per heavy atom. The molecule has 0 heterocycles. The molecule has 0 N–H and O–H groups in total. The van der Waals surface area contributed by atoms with Gasteiger partial charge in [-0.3, -0.25) is 0 Å². The van der Waals surface area contributed by atoms with Crippen molar-refractivity contribution in [2.24, 2.45) is 0 Å². The molecule has 0 atom stereocenters. The van der Waals surface area contributed by atoms with Crippen LogP contribution in [0.5, 0.6) is 0 Å². The highest BCUT2D eigenvalue weighted by Crippen LogP contribution is 2.18. The van der Waals surface area contributed by atoms with Crippen LogP contribution >= 0.6 is 11.6 Å². The predicted octanol–water partition coefficient (Wildman–Crippen LogP) is 3.21. The molecule has 0 aliphatic rings. The lowest BCUT2D eigenvalue weighted by atomic mass is 10.1. The van der Waals surface area contributed by atoms with Gasteiger partial charge in [0.2, 0.25) is 0 Å². The summed E-state index contributed by atoms with van der Waals surface area (Å²) in [4.78, 5) is 0. The van der Waals surface area contributed by atoms with Crippen LogP contribution in [0.2, 0.25) is 5.02 Å². The number of halogens is 1. The highest BCUT2D eigenvalue weighted by Gasteiger charge is 1.98. The number of benzene rings is 1. The van der Waals surface area contributed by atoms with E-state index in [9.17, 15) is 0 Å². The van der Waals surface area contributed by atoms with Crippen molar-refractivity contribution < 1.29 is 0 Å². The molecule has 1 aromatic carbocycles. The topological polar surface area (TPSA) is 0 Å². The summed E-state index contributed by atoms with van der Waals surface area (Å²) in [5, 5.41) is 0.816. The maximum absolute atomic E-state index is 5.96. The zero-order chi connectivity index (χ0) is 8.97. The van der Waals surface area contributed by atoms with Crippen LogP contribution in [-0.4, -0.2) is 0 Å². The van der Waals surface area contributed by atoms with Crippen molar-refractivity contribution in [3.05, 3.63) is 34.3 Å². The number of rotatable bonds is 2. The first-order chi connectivity index (χ1) is 5.74. The second-order valence-electron chi connectivity index (χ2n) is 2.80. The first kappa shape index (κ1) is 9.16. The Bertz CT molecular complexity index is 307. The number of hydrogen-bond donors (Lipinski definition) is 0. The van der Waals surface area contributed by atoms with Gasteiger partial charge in [0.25, 0.3) is 0 Å². The minimum atomic E-state index is 0.753. The maximum Gasteiger partial charge on any atom is 0.0438 e. The fraction of sp³-hybridized carbons (Fsp3) is 0.273. The smallest absolute Gasteiger partial charge is 0.0438 e. The molecule has 0 unspecified atom stereocenters. The molecule has 1 heteroatoms. The molecule has 1 rings (SSSR count). The highest BCUT2D eigenvalue weighted by atomic mass is 35.5. The van der Waals surface area contributed by atoms with E-state index in [-0.39, 0.29) is 0 Å². The second kappa shape index (κ2) is 4.18. The summed E-state index contributed by atoms with van der Waals surface area (Å²) in [6.07, 6.45) is 6.80. The molecule has 0 amide bonds. The maximum atomic E-state index is 5.96. The number of aryl methyl sites for hydroxylation is 2. The zero-order valence-electron chi connectivity index (χ0n) is 7.10. The van der Waals surface area contributed by atoms with Gasteiger partial charge in [-0.2, -0.15) is 0 Å². The van der Waals surface area contributed by atoms with Crippen molar-refractivity contribution in [2.45, 2.75) is 19.8 Å². The summed E-state index contributed by atoms with van der Waals surface area (Å²) in [6.45, 7) is 2.05. The lowest BCUT2D eigenvalue weighted by Gasteiger charge is -2.02. The third kappa shape index (κ3) is 2.29. The number of hydrogen-bond acceptors (Lipinski definition) is 0. The zero-order valence-corrected chi connectivity index (χ0v) is 7.86. The molecule has 0 spiro atoms. The van der Waals surface area contributed by atoms with Gasteiger partial charge in [0, 0.05) is 11.4 Å². The Kier molecular flexibility index (Phi) is 3.19. The molecule has 0 radical (unpaired) electrons. The van der Waals surface area contributed by atoms with Gasteiger partial charge in [0.1, 0.15) is 0 Å². The molecule has 0 saturated carbocycles. The van der Waals surface area contributed by atoms with Crippen molar-refractivity contribution >= 4 is 11.6 Å². The van der Waals surface area contributed by atoms with Crippen molar-refractivity contribution in [3.8, 4) is 12.3 Å². The minimum Gasteiger partial charge on any atom is -0.120 e. The van der Waals surface area contributed by atoms with Crippen molar-refractivity contribution in [3.63, 3.8) is 0 Å². The molecule has 0 bridgehead atoms. The average molecular weight is 179 g/mol. The van der Waals surface area contributed by atoms with Gasteiger partial charge in [0.15, 0.2) is 0 Å². The van der Waals surface area contributed by atoms with E-state index < -0.39 is 0 Å². The monoisotopic (exact) mass is 178 g/mol. The van der Waals surface area contributed by atoms with Crippen LogP contribution in [0.1, 0.15) is 17.5 Å². The molecule has 0 fully saturated rings. The van der Waals surface area contributed by atoms with E-state index in [1.807, 2.05) is 12.1 Å². The average Bonchev–Trinajstić information content (AvgIpc) is 2.07. The van der Waals surface area contributed by atoms with Gasteiger partial charge in [-0.25, -0.2) is 0 Å². The van der Waals surface area contributed by atoms with E-state index in [1.165, 1.54) is 5.56 Å². The van der Waals surface area contributed by atoms with Crippen LogP contribution in [-0.2, 0) is 6.42 Å². The predicted molar refractivity (Wildman–Crippen MR) is 53.3 cm³/mol. The summed E-state index contributed by atoms with van der Waals surface area (Å²) in [6, 6.07) is 6.00. The lowest BCUT2D eigenvalue weighted by Crippen LogP contribution is -1.86. The fourth-order valence-electron chi connectivity index (χ4n) is 1.10. The Hall–Kier alpha value is -0.930. The minimum absolute atomic E-state index is 0.753. The van der Waals surface area contributed by atoms with Crippen molar-refractivity contribution in [1.29, 1.82) is 0 Å². The molecular formula is C11H11Cl. The highest BCUT2D eigenvalue weighted by molar-refractivity contribution is 6.31. The standard InChI is InChI=1S/C11H11Cl/c1-3-4-5-10-8-9(2)6-7-11(10)12/h1,6-8H,4-5H2,2H3. The largest absolute Gasteiger partial charge is 0.120 e. The van der Waals surface area contributed by atoms with E-state index in [2.05, 4.69) is 18.9 Å². The van der Waals surface area contributed by atoms with E-state index in [0.29, 0.717) is 0 Å². The van der Waals surface area contributed by atoms with E-state index in [4.69, 9.17) is 18.0 Å². The fourth-order valence-corrected chi connectivity index (χ4v) is 1.31. The molecule has 12 heavy (non-hydrogen) atoms. The Labute approximate surface area is 78.6 Å². The van der Waals surface area contributed by atoms with E-state index >= 15 is 0 Å². The van der Waals surface area contributed by atoms with Crippen LogP contribution in [0.4, 0.5) is 0 Å². The summed E-state index contributed by atoms with van der Waals surface area (Å²) in [5.41, 5.74) is 2.38. The van der Waals surface area contributed by atoms with Crippen LogP contribution in [0, 0.1) is 19.3 Å². The van der Waals surface area contributed by atoms with E-state index in [0.717, 1.165) is 23.4 Å².